The summed E-state index contributed by atoms with van der Waals surface area (Å²) in [5.41, 5.74) is 2.69. The average molecular weight is 401 g/mol. The van der Waals surface area contributed by atoms with Crippen molar-refractivity contribution in [2.75, 3.05) is 5.32 Å². The van der Waals surface area contributed by atoms with E-state index in [1.807, 2.05) is 25.1 Å². The lowest BCUT2D eigenvalue weighted by Crippen LogP contribution is -2.27. The normalized spacial score (nSPS) is 14.2. The van der Waals surface area contributed by atoms with E-state index in [2.05, 4.69) is 5.32 Å². The molecule has 27 heavy (non-hydrogen) atoms. The van der Waals surface area contributed by atoms with Crippen molar-refractivity contribution < 1.29 is 9.59 Å². The number of anilines is 1. The van der Waals surface area contributed by atoms with E-state index in [4.69, 9.17) is 23.2 Å². The van der Waals surface area contributed by atoms with E-state index in [1.165, 1.54) is 0 Å². The highest BCUT2D eigenvalue weighted by Gasteiger charge is 2.25. The Kier molecular flexibility index (Phi) is 4.70. The summed E-state index contributed by atoms with van der Waals surface area (Å²) in [4.78, 5) is 25.2. The SMILES string of the molecule is Cc1cn(C(=O)c2c(Cl)cccc2Cl)c2ccc(NC(=O)C3CCC3)cc12. The molecule has 0 unspecified atom stereocenters. The zero-order chi connectivity index (χ0) is 19.1. The number of nitrogens with zero attached hydrogens (tertiary/aromatic N) is 1. The van der Waals surface area contributed by atoms with E-state index < -0.39 is 0 Å². The monoisotopic (exact) mass is 400 g/mol. The molecule has 1 fully saturated rings. The molecule has 1 N–H and O–H groups in total. The summed E-state index contributed by atoms with van der Waals surface area (Å²) in [6.45, 7) is 1.93. The van der Waals surface area contributed by atoms with Crippen LogP contribution < -0.4 is 5.32 Å². The number of aromatic nitrogens is 1. The van der Waals surface area contributed by atoms with E-state index >= 15 is 0 Å². The van der Waals surface area contributed by atoms with Gasteiger partial charge in [0.05, 0.1) is 21.1 Å². The van der Waals surface area contributed by atoms with Gasteiger partial charge in [-0.15, -0.1) is 0 Å². The molecular formula is C21H18Cl2N2O2. The number of nitrogens with one attached hydrogen (secondary N) is 1. The fourth-order valence-corrected chi connectivity index (χ4v) is 3.94. The molecule has 0 bridgehead atoms. The van der Waals surface area contributed by atoms with Crippen LogP contribution in [0.15, 0.2) is 42.6 Å². The van der Waals surface area contributed by atoms with Crippen LogP contribution in [-0.4, -0.2) is 16.4 Å². The number of fused-ring (bicyclic) bond motifs is 1. The van der Waals surface area contributed by atoms with Gasteiger partial charge in [0.25, 0.3) is 5.91 Å². The number of halogens is 2. The molecule has 1 aliphatic rings. The predicted molar refractivity (Wildman–Crippen MR) is 109 cm³/mol. The first-order valence-electron chi connectivity index (χ1n) is 8.87. The standard InChI is InChI=1S/C21H18Cl2N2O2/c1-12-11-25(21(27)19-16(22)6-3-7-17(19)23)18-9-8-14(10-15(12)18)24-20(26)13-4-2-5-13/h3,6-11,13H,2,4-5H2,1H3,(H,24,26). The summed E-state index contributed by atoms with van der Waals surface area (Å²) in [7, 11) is 0. The van der Waals surface area contributed by atoms with Crippen molar-refractivity contribution in [3.05, 3.63) is 63.8 Å². The largest absolute Gasteiger partial charge is 0.326 e. The second kappa shape index (κ2) is 7.02. The van der Waals surface area contributed by atoms with Crippen LogP contribution in [0.25, 0.3) is 10.9 Å². The van der Waals surface area contributed by atoms with Gasteiger partial charge in [0.15, 0.2) is 0 Å². The highest BCUT2D eigenvalue weighted by atomic mass is 35.5. The zero-order valence-electron chi connectivity index (χ0n) is 14.8. The van der Waals surface area contributed by atoms with Gasteiger partial charge in [0, 0.05) is 23.2 Å². The van der Waals surface area contributed by atoms with Crippen molar-refractivity contribution >= 4 is 51.6 Å². The highest BCUT2D eigenvalue weighted by molar-refractivity contribution is 6.40. The van der Waals surface area contributed by atoms with Gasteiger partial charge in [-0.2, -0.15) is 0 Å². The Hall–Kier alpha value is -2.30. The number of rotatable bonds is 3. The maximum atomic E-state index is 13.0. The molecule has 2 aromatic carbocycles. The van der Waals surface area contributed by atoms with Gasteiger partial charge >= 0.3 is 0 Å². The second-order valence-electron chi connectivity index (χ2n) is 6.93. The maximum absolute atomic E-state index is 13.0. The molecule has 4 rings (SSSR count). The smallest absolute Gasteiger partial charge is 0.265 e. The minimum absolute atomic E-state index is 0.0663. The van der Waals surface area contributed by atoms with Gasteiger partial charge in [-0.25, -0.2) is 0 Å². The molecule has 0 saturated heterocycles. The van der Waals surface area contributed by atoms with Crippen molar-refractivity contribution in [3.8, 4) is 0 Å². The Morgan fingerprint density at radius 2 is 1.81 bits per heavy atom. The molecule has 1 amide bonds. The molecule has 0 aliphatic heterocycles. The molecule has 0 spiro atoms. The molecule has 1 aromatic heterocycles. The van der Waals surface area contributed by atoms with Crippen LogP contribution in [0.1, 0.15) is 35.2 Å². The molecule has 138 valence electrons. The van der Waals surface area contributed by atoms with Crippen LogP contribution >= 0.6 is 23.2 Å². The fraction of sp³-hybridized carbons (Fsp3) is 0.238. The summed E-state index contributed by atoms with van der Waals surface area (Å²) < 4.78 is 1.55. The molecule has 3 aromatic rings. The van der Waals surface area contributed by atoms with Gasteiger partial charge in [0.1, 0.15) is 0 Å². The lowest BCUT2D eigenvalue weighted by molar-refractivity contribution is -0.122. The topological polar surface area (TPSA) is 51.1 Å². The summed E-state index contributed by atoms with van der Waals surface area (Å²) in [5, 5.41) is 4.51. The van der Waals surface area contributed by atoms with Gasteiger partial charge < -0.3 is 5.32 Å². The molecule has 0 radical (unpaired) electrons. The lowest BCUT2D eigenvalue weighted by Gasteiger charge is -2.24. The van der Waals surface area contributed by atoms with Gasteiger partial charge in [-0.05, 0) is 55.7 Å². The number of aryl methyl sites for hydroxylation is 1. The molecule has 1 saturated carbocycles. The Bertz CT molecular complexity index is 1050. The second-order valence-corrected chi connectivity index (χ2v) is 7.75. The van der Waals surface area contributed by atoms with Crippen molar-refractivity contribution in [1.82, 2.24) is 4.57 Å². The first-order chi connectivity index (χ1) is 13.0. The van der Waals surface area contributed by atoms with Crippen molar-refractivity contribution in [1.29, 1.82) is 0 Å². The first kappa shape index (κ1) is 18.1. The van der Waals surface area contributed by atoms with E-state index in [0.717, 1.165) is 41.4 Å². The number of hydrogen-bond acceptors (Lipinski definition) is 2. The van der Waals surface area contributed by atoms with E-state index in [9.17, 15) is 9.59 Å². The molecule has 6 heteroatoms. The number of carbonyl (C=O) groups is 2. The highest BCUT2D eigenvalue weighted by Crippen LogP contribution is 2.31. The van der Waals surface area contributed by atoms with Crippen LogP contribution in [0.3, 0.4) is 0 Å². The van der Waals surface area contributed by atoms with E-state index in [1.54, 1.807) is 29.0 Å². The Morgan fingerprint density at radius 3 is 2.44 bits per heavy atom. The van der Waals surface area contributed by atoms with Crippen LogP contribution in [0, 0.1) is 12.8 Å². The zero-order valence-corrected chi connectivity index (χ0v) is 16.3. The summed E-state index contributed by atoms with van der Waals surface area (Å²) in [6.07, 6.45) is 4.79. The summed E-state index contributed by atoms with van der Waals surface area (Å²) >= 11 is 12.4. The van der Waals surface area contributed by atoms with Crippen LogP contribution in [0.4, 0.5) is 5.69 Å². The van der Waals surface area contributed by atoms with Crippen LogP contribution in [0.2, 0.25) is 10.0 Å². The quantitative estimate of drug-likeness (QED) is 0.614. The summed E-state index contributed by atoms with van der Waals surface area (Å²) in [6, 6.07) is 10.6. The fourth-order valence-electron chi connectivity index (χ4n) is 3.38. The molecule has 4 nitrogen and oxygen atoms in total. The Balaban J connectivity index is 1.71. The average Bonchev–Trinajstić information content (AvgIpc) is 2.89. The lowest BCUT2D eigenvalue weighted by atomic mass is 9.85. The van der Waals surface area contributed by atoms with Crippen molar-refractivity contribution in [2.24, 2.45) is 5.92 Å². The molecule has 1 heterocycles. The van der Waals surface area contributed by atoms with Crippen LogP contribution in [0.5, 0.6) is 0 Å². The molecule has 0 atom stereocenters. The van der Waals surface area contributed by atoms with E-state index in [-0.39, 0.29) is 23.3 Å². The molecule has 1 aliphatic carbocycles. The van der Waals surface area contributed by atoms with Crippen LogP contribution in [-0.2, 0) is 4.79 Å². The maximum Gasteiger partial charge on any atom is 0.265 e. The third-order valence-electron chi connectivity index (χ3n) is 5.14. The van der Waals surface area contributed by atoms with Gasteiger partial charge in [0.2, 0.25) is 5.91 Å². The van der Waals surface area contributed by atoms with Crippen molar-refractivity contribution in [3.63, 3.8) is 0 Å². The number of benzene rings is 2. The van der Waals surface area contributed by atoms with Gasteiger partial charge in [-0.1, -0.05) is 35.7 Å². The first-order valence-corrected chi connectivity index (χ1v) is 9.62. The third-order valence-corrected chi connectivity index (χ3v) is 5.77. The summed E-state index contributed by atoms with van der Waals surface area (Å²) in [5.74, 6) is -0.0955. The Morgan fingerprint density at radius 1 is 1.11 bits per heavy atom. The van der Waals surface area contributed by atoms with Gasteiger partial charge in [-0.3, -0.25) is 14.2 Å². The molecular weight excluding hydrogens is 383 g/mol. The predicted octanol–water partition coefficient (Wildman–Crippen LogP) is 5.68. The number of carbonyl (C=O) groups excluding carboxylic acids is 2. The number of hydrogen-bond donors (Lipinski definition) is 1. The third kappa shape index (κ3) is 3.24. The van der Waals surface area contributed by atoms with Crippen molar-refractivity contribution in [2.45, 2.75) is 26.2 Å². The number of amides is 1. The minimum Gasteiger partial charge on any atom is -0.326 e. The Labute approximate surface area is 167 Å². The van der Waals surface area contributed by atoms with E-state index in [0.29, 0.717) is 10.0 Å². The minimum atomic E-state index is -0.282.